The summed E-state index contributed by atoms with van der Waals surface area (Å²) in [5.41, 5.74) is 0.0772. The molecule has 1 fully saturated rings. The Labute approximate surface area is 157 Å². The topological polar surface area (TPSA) is 83.8 Å². The van der Waals surface area contributed by atoms with Gasteiger partial charge in [-0.3, -0.25) is 4.79 Å². The summed E-state index contributed by atoms with van der Waals surface area (Å²) in [7, 11) is 0. The average molecular weight is 369 g/mol. The fourth-order valence-corrected chi connectivity index (χ4v) is 3.54. The minimum atomic E-state index is -1.02. The van der Waals surface area contributed by atoms with Crippen LogP contribution in [0.5, 0.6) is 0 Å². The first-order valence-corrected chi connectivity index (χ1v) is 10.2. The SMILES string of the molecule is C=C1C(=O)OC(CCCCCCCCCCCCCC(C)O)C1C(=O)O. The Kier molecular flexibility index (Phi) is 11.3. The van der Waals surface area contributed by atoms with Gasteiger partial charge in [0.25, 0.3) is 0 Å². The molecule has 0 aromatic rings. The highest BCUT2D eigenvalue weighted by molar-refractivity contribution is 5.97. The van der Waals surface area contributed by atoms with Gasteiger partial charge in [0, 0.05) is 5.57 Å². The molecule has 0 radical (unpaired) electrons. The number of aliphatic carboxylic acids is 1. The highest BCUT2D eigenvalue weighted by Gasteiger charge is 2.42. The van der Waals surface area contributed by atoms with Crippen LogP contribution in [0, 0.1) is 5.92 Å². The Hall–Kier alpha value is -1.36. The lowest BCUT2D eigenvalue weighted by molar-refractivity contribution is -0.144. The van der Waals surface area contributed by atoms with Crippen LogP contribution in [0.3, 0.4) is 0 Å². The predicted molar refractivity (Wildman–Crippen MR) is 102 cm³/mol. The van der Waals surface area contributed by atoms with Gasteiger partial charge in [-0.05, 0) is 26.2 Å². The standard InChI is InChI=1S/C21H36O5/c1-16(22)14-12-10-8-6-4-3-5-7-9-11-13-15-18-19(20(23)24)17(2)21(25)26-18/h16,18-19,22H,2-15H2,1H3,(H,23,24). The lowest BCUT2D eigenvalue weighted by Crippen LogP contribution is -2.24. The number of unbranched alkanes of at least 4 members (excludes halogenated alkanes) is 10. The van der Waals surface area contributed by atoms with Gasteiger partial charge in [-0.15, -0.1) is 0 Å². The molecule has 1 aliphatic rings. The maximum Gasteiger partial charge on any atom is 0.334 e. The third-order valence-corrected chi connectivity index (χ3v) is 5.14. The maximum atomic E-state index is 11.5. The molecule has 1 rings (SSSR count). The molecule has 3 unspecified atom stereocenters. The van der Waals surface area contributed by atoms with Gasteiger partial charge < -0.3 is 14.9 Å². The molecule has 0 saturated carbocycles. The number of cyclic esters (lactones) is 1. The molecule has 1 heterocycles. The van der Waals surface area contributed by atoms with E-state index in [0.29, 0.717) is 6.42 Å². The van der Waals surface area contributed by atoms with E-state index >= 15 is 0 Å². The molecule has 1 saturated heterocycles. The zero-order valence-electron chi connectivity index (χ0n) is 16.3. The molecule has 150 valence electrons. The van der Waals surface area contributed by atoms with Crippen molar-refractivity contribution in [1.82, 2.24) is 0 Å². The second-order valence-corrected chi connectivity index (χ2v) is 7.60. The number of aliphatic hydroxyl groups is 1. The second kappa shape index (κ2) is 12.9. The van der Waals surface area contributed by atoms with Crippen molar-refractivity contribution in [2.75, 3.05) is 0 Å². The molecule has 0 bridgehead atoms. The summed E-state index contributed by atoms with van der Waals surface area (Å²) >= 11 is 0. The highest BCUT2D eigenvalue weighted by Crippen LogP contribution is 2.30. The van der Waals surface area contributed by atoms with Gasteiger partial charge in [-0.2, -0.15) is 0 Å². The zero-order chi connectivity index (χ0) is 19.4. The van der Waals surface area contributed by atoms with Crippen molar-refractivity contribution in [2.24, 2.45) is 5.92 Å². The number of carbonyl (C=O) groups excluding carboxylic acids is 1. The van der Waals surface area contributed by atoms with Crippen LogP contribution in [-0.4, -0.2) is 34.4 Å². The van der Waals surface area contributed by atoms with Crippen LogP contribution < -0.4 is 0 Å². The van der Waals surface area contributed by atoms with E-state index in [4.69, 9.17) is 4.74 Å². The van der Waals surface area contributed by atoms with E-state index in [1.807, 2.05) is 6.92 Å². The Morgan fingerprint density at radius 2 is 1.46 bits per heavy atom. The number of esters is 1. The number of rotatable bonds is 15. The number of aliphatic hydroxyl groups excluding tert-OH is 1. The van der Waals surface area contributed by atoms with Gasteiger partial charge in [0.05, 0.1) is 6.10 Å². The minimum Gasteiger partial charge on any atom is -0.481 e. The molecule has 1 aliphatic heterocycles. The quantitative estimate of drug-likeness (QED) is 0.250. The number of carboxylic acids is 1. The first kappa shape index (κ1) is 22.7. The summed E-state index contributed by atoms with van der Waals surface area (Å²) in [6.07, 6.45) is 13.8. The summed E-state index contributed by atoms with van der Waals surface area (Å²) < 4.78 is 5.13. The average Bonchev–Trinajstić information content (AvgIpc) is 2.86. The number of carbonyl (C=O) groups is 2. The van der Waals surface area contributed by atoms with Crippen molar-refractivity contribution in [3.05, 3.63) is 12.2 Å². The summed E-state index contributed by atoms with van der Waals surface area (Å²) in [6, 6.07) is 0. The molecule has 3 atom stereocenters. The van der Waals surface area contributed by atoms with E-state index < -0.39 is 24.0 Å². The summed E-state index contributed by atoms with van der Waals surface area (Å²) in [5.74, 6) is -2.45. The molecule has 26 heavy (non-hydrogen) atoms. The first-order chi connectivity index (χ1) is 12.4. The second-order valence-electron chi connectivity index (χ2n) is 7.60. The third kappa shape index (κ3) is 8.84. The number of ether oxygens (including phenoxy) is 1. The molecule has 0 spiro atoms. The lowest BCUT2D eigenvalue weighted by Gasteiger charge is -2.13. The van der Waals surface area contributed by atoms with Crippen LogP contribution >= 0.6 is 0 Å². The van der Waals surface area contributed by atoms with Crippen LogP contribution in [0.1, 0.15) is 90.4 Å². The van der Waals surface area contributed by atoms with E-state index in [0.717, 1.165) is 32.1 Å². The maximum absolute atomic E-state index is 11.5. The normalized spacial score (nSPS) is 21.0. The van der Waals surface area contributed by atoms with Crippen molar-refractivity contribution in [2.45, 2.75) is 103 Å². The molecular weight excluding hydrogens is 332 g/mol. The molecule has 2 N–H and O–H groups in total. The van der Waals surface area contributed by atoms with Crippen LogP contribution in [-0.2, 0) is 14.3 Å². The van der Waals surface area contributed by atoms with Crippen LogP contribution in [0.25, 0.3) is 0 Å². The monoisotopic (exact) mass is 368 g/mol. The fraction of sp³-hybridized carbons (Fsp3) is 0.810. The van der Waals surface area contributed by atoms with Crippen LogP contribution in [0.15, 0.2) is 12.2 Å². The Morgan fingerprint density at radius 1 is 1.00 bits per heavy atom. The summed E-state index contributed by atoms with van der Waals surface area (Å²) in [6.45, 7) is 5.39. The van der Waals surface area contributed by atoms with Crippen molar-refractivity contribution >= 4 is 11.9 Å². The minimum absolute atomic E-state index is 0.0772. The Morgan fingerprint density at radius 3 is 1.92 bits per heavy atom. The van der Waals surface area contributed by atoms with E-state index in [9.17, 15) is 19.8 Å². The van der Waals surface area contributed by atoms with Crippen molar-refractivity contribution < 1.29 is 24.5 Å². The van der Waals surface area contributed by atoms with Crippen molar-refractivity contribution in [3.8, 4) is 0 Å². The molecule has 0 amide bonds. The van der Waals surface area contributed by atoms with Crippen LogP contribution in [0.2, 0.25) is 0 Å². The third-order valence-electron chi connectivity index (χ3n) is 5.14. The Bertz CT molecular complexity index is 444. The summed E-state index contributed by atoms with van der Waals surface area (Å²) in [4.78, 5) is 22.7. The predicted octanol–water partition coefficient (Wildman–Crippen LogP) is 4.62. The van der Waals surface area contributed by atoms with Crippen molar-refractivity contribution in [1.29, 1.82) is 0 Å². The van der Waals surface area contributed by atoms with E-state index in [1.54, 1.807) is 0 Å². The van der Waals surface area contributed by atoms with Crippen molar-refractivity contribution in [3.63, 3.8) is 0 Å². The smallest absolute Gasteiger partial charge is 0.334 e. The molecule has 0 aromatic heterocycles. The van der Waals surface area contributed by atoms with Gasteiger partial charge >= 0.3 is 11.9 Å². The largest absolute Gasteiger partial charge is 0.481 e. The molecular formula is C21H36O5. The van der Waals surface area contributed by atoms with Gasteiger partial charge in [0.1, 0.15) is 12.0 Å². The molecule has 0 aliphatic carbocycles. The van der Waals surface area contributed by atoms with E-state index in [1.165, 1.54) is 44.9 Å². The van der Waals surface area contributed by atoms with E-state index in [-0.39, 0.29) is 11.7 Å². The zero-order valence-corrected chi connectivity index (χ0v) is 16.3. The van der Waals surface area contributed by atoms with Gasteiger partial charge in [0.2, 0.25) is 0 Å². The van der Waals surface area contributed by atoms with Gasteiger partial charge in [-0.25, -0.2) is 4.79 Å². The first-order valence-electron chi connectivity index (χ1n) is 10.2. The Balaban J connectivity index is 1.93. The highest BCUT2D eigenvalue weighted by atomic mass is 16.6. The molecule has 0 aromatic carbocycles. The van der Waals surface area contributed by atoms with Crippen LogP contribution in [0.4, 0.5) is 0 Å². The lowest BCUT2D eigenvalue weighted by atomic mass is 9.93. The van der Waals surface area contributed by atoms with E-state index in [2.05, 4.69) is 6.58 Å². The van der Waals surface area contributed by atoms with Gasteiger partial charge in [0.15, 0.2) is 0 Å². The number of carboxylic acid groups (broad SMARTS) is 1. The fourth-order valence-electron chi connectivity index (χ4n) is 3.54. The number of hydrogen-bond acceptors (Lipinski definition) is 4. The van der Waals surface area contributed by atoms with Gasteiger partial charge in [-0.1, -0.05) is 70.8 Å². The number of hydrogen-bond donors (Lipinski definition) is 2. The molecule has 5 nitrogen and oxygen atoms in total. The summed E-state index contributed by atoms with van der Waals surface area (Å²) in [5, 5.41) is 18.4. The molecule has 5 heteroatoms.